The van der Waals surface area contributed by atoms with E-state index in [0.717, 1.165) is 0 Å². The van der Waals surface area contributed by atoms with Crippen LogP contribution in [0.25, 0.3) is 5.69 Å². The van der Waals surface area contributed by atoms with Gasteiger partial charge in [0, 0.05) is 24.5 Å². The molecule has 20 heavy (non-hydrogen) atoms. The first-order chi connectivity index (χ1) is 9.84. The Bertz CT molecular complexity index is 532. The molecule has 1 atom stereocenters. The number of aromatic nitrogens is 2. The van der Waals surface area contributed by atoms with Gasteiger partial charge in [-0.25, -0.2) is 4.68 Å². The summed E-state index contributed by atoms with van der Waals surface area (Å²) < 4.78 is 1.95. The predicted octanol–water partition coefficient (Wildman–Crippen LogP) is 3.42. The highest BCUT2D eigenvalue weighted by Crippen LogP contribution is 2.24. The standard InChI is InChI=1S/C16H21N3S/c1-13(18-14-7-11-20-12-8-14)15-5-2-3-6-16(15)19-10-4-9-17-19/h2-6,9-10,13-14,18H,7-8,11-12H2,1H3. The van der Waals surface area contributed by atoms with Gasteiger partial charge in [0.1, 0.15) is 0 Å². The van der Waals surface area contributed by atoms with Crippen LogP contribution in [0.3, 0.4) is 0 Å². The summed E-state index contributed by atoms with van der Waals surface area (Å²) in [6.45, 7) is 2.25. The minimum Gasteiger partial charge on any atom is -0.307 e. The molecule has 106 valence electrons. The van der Waals surface area contributed by atoms with Crippen molar-refractivity contribution >= 4 is 11.8 Å². The molecular formula is C16H21N3S. The summed E-state index contributed by atoms with van der Waals surface area (Å²) in [4.78, 5) is 0. The topological polar surface area (TPSA) is 29.9 Å². The van der Waals surface area contributed by atoms with E-state index in [1.807, 2.05) is 23.1 Å². The van der Waals surface area contributed by atoms with Gasteiger partial charge in [-0.05, 0) is 49.0 Å². The van der Waals surface area contributed by atoms with Gasteiger partial charge >= 0.3 is 0 Å². The summed E-state index contributed by atoms with van der Waals surface area (Å²) in [5.74, 6) is 2.57. The van der Waals surface area contributed by atoms with Crippen molar-refractivity contribution in [1.82, 2.24) is 15.1 Å². The van der Waals surface area contributed by atoms with E-state index in [4.69, 9.17) is 0 Å². The van der Waals surface area contributed by atoms with Crippen LogP contribution < -0.4 is 5.32 Å². The monoisotopic (exact) mass is 287 g/mol. The molecular weight excluding hydrogens is 266 g/mol. The van der Waals surface area contributed by atoms with E-state index >= 15 is 0 Å². The van der Waals surface area contributed by atoms with Crippen LogP contribution in [-0.2, 0) is 0 Å². The highest BCUT2D eigenvalue weighted by atomic mass is 32.2. The molecule has 1 N–H and O–H groups in total. The Hall–Kier alpha value is -1.26. The van der Waals surface area contributed by atoms with E-state index in [-0.39, 0.29) is 0 Å². The fraction of sp³-hybridized carbons (Fsp3) is 0.438. The first-order valence-corrected chi connectivity index (χ1v) is 8.43. The Morgan fingerprint density at radius 2 is 2.05 bits per heavy atom. The number of para-hydroxylation sites is 1. The molecule has 1 aromatic heterocycles. The smallest absolute Gasteiger partial charge is 0.0693 e. The molecule has 0 bridgehead atoms. The number of hydrogen-bond acceptors (Lipinski definition) is 3. The lowest BCUT2D eigenvalue weighted by atomic mass is 10.0. The third-order valence-corrected chi connectivity index (χ3v) is 4.91. The maximum Gasteiger partial charge on any atom is 0.0693 e. The van der Waals surface area contributed by atoms with Crippen molar-refractivity contribution in [3.8, 4) is 5.69 Å². The highest BCUT2D eigenvalue weighted by molar-refractivity contribution is 7.99. The number of nitrogens with zero attached hydrogens (tertiary/aromatic N) is 2. The summed E-state index contributed by atoms with van der Waals surface area (Å²) in [5.41, 5.74) is 2.48. The SMILES string of the molecule is CC(NC1CCSCC1)c1ccccc1-n1cccn1. The van der Waals surface area contributed by atoms with Gasteiger partial charge in [-0.2, -0.15) is 16.9 Å². The third-order valence-electron chi connectivity index (χ3n) is 3.86. The van der Waals surface area contributed by atoms with E-state index in [9.17, 15) is 0 Å². The number of hydrogen-bond donors (Lipinski definition) is 1. The molecule has 0 spiro atoms. The second-order valence-corrected chi connectivity index (χ2v) is 6.51. The predicted molar refractivity (Wildman–Crippen MR) is 85.5 cm³/mol. The molecule has 0 saturated carbocycles. The van der Waals surface area contributed by atoms with E-state index in [0.29, 0.717) is 12.1 Å². The Morgan fingerprint density at radius 3 is 2.80 bits per heavy atom. The molecule has 1 aliphatic heterocycles. The fourth-order valence-electron chi connectivity index (χ4n) is 2.78. The zero-order chi connectivity index (χ0) is 13.8. The van der Waals surface area contributed by atoms with Crippen LogP contribution in [0, 0.1) is 0 Å². The molecule has 2 heterocycles. The van der Waals surface area contributed by atoms with Crippen LogP contribution in [0.1, 0.15) is 31.4 Å². The van der Waals surface area contributed by atoms with Crippen molar-refractivity contribution in [2.45, 2.75) is 31.8 Å². The molecule has 3 rings (SSSR count). The van der Waals surface area contributed by atoms with Crippen molar-refractivity contribution in [2.75, 3.05) is 11.5 Å². The summed E-state index contributed by atoms with van der Waals surface area (Å²) in [6, 6.07) is 11.5. The molecule has 1 unspecified atom stereocenters. The van der Waals surface area contributed by atoms with Crippen LogP contribution >= 0.6 is 11.8 Å². The zero-order valence-corrected chi connectivity index (χ0v) is 12.6. The highest BCUT2D eigenvalue weighted by Gasteiger charge is 2.18. The largest absolute Gasteiger partial charge is 0.307 e. The molecule has 0 radical (unpaired) electrons. The van der Waals surface area contributed by atoms with Gasteiger partial charge < -0.3 is 5.32 Å². The van der Waals surface area contributed by atoms with Gasteiger partial charge in [0.15, 0.2) is 0 Å². The van der Waals surface area contributed by atoms with E-state index in [1.165, 1.54) is 35.6 Å². The normalized spacial score (nSPS) is 18.1. The number of nitrogens with one attached hydrogen (secondary N) is 1. The fourth-order valence-corrected chi connectivity index (χ4v) is 3.89. The van der Waals surface area contributed by atoms with Crippen molar-refractivity contribution in [3.63, 3.8) is 0 Å². The zero-order valence-electron chi connectivity index (χ0n) is 11.8. The van der Waals surface area contributed by atoms with Crippen LogP contribution in [0.2, 0.25) is 0 Å². The molecule has 1 aromatic carbocycles. The minimum absolute atomic E-state index is 0.350. The molecule has 2 aromatic rings. The van der Waals surface area contributed by atoms with E-state index in [1.54, 1.807) is 0 Å². The van der Waals surface area contributed by atoms with Crippen molar-refractivity contribution < 1.29 is 0 Å². The summed E-state index contributed by atoms with van der Waals surface area (Å²) in [5, 5.41) is 8.14. The molecule has 1 aliphatic rings. The summed E-state index contributed by atoms with van der Waals surface area (Å²) in [6.07, 6.45) is 6.38. The lowest BCUT2D eigenvalue weighted by Crippen LogP contribution is -2.34. The first-order valence-electron chi connectivity index (χ1n) is 7.27. The van der Waals surface area contributed by atoms with Gasteiger partial charge in [-0.15, -0.1) is 0 Å². The average molecular weight is 287 g/mol. The van der Waals surface area contributed by atoms with E-state index in [2.05, 4.69) is 53.4 Å². The van der Waals surface area contributed by atoms with Crippen molar-refractivity contribution in [1.29, 1.82) is 0 Å². The Morgan fingerprint density at radius 1 is 1.25 bits per heavy atom. The Balaban J connectivity index is 1.79. The summed E-state index contributed by atoms with van der Waals surface area (Å²) >= 11 is 2.07. The van der Waals surface area contributed by atoms with Gasteiger partial charge in [0.2, 0.25) is 0 Å². The molecule has 3 nitrogen and oxygen atoms in total. The van der Waals surface area contributed by atoms with Crippen LogP contribution in [-0.4, -0.2) is 27.3 Å². The molecule has 4 heteroatoms. The quantitative estimate of drug-likeness (QED) is 0.934. The number of rotatable bonds is 4. The van der Waals surface area contributed by atoms with Gasteiger partial charge in [-0.1, -0.05) is 18.2 Å². The summed E-state index contributed by atoms with van der Waals surface area (Å²) in [7, 11) is 0. The second kappa shape index (κ2) is 6.46. The maximum atomic E-state index is 4.36. The Kier molecular flexibility index (Phi) is 4.43. The average Bonchev–Trinajstić information content (AvgIpc) is 3.02. The number of thioether (sulfide) groups is 1. The lowest BCUT2D eigenvalue weighted by molar-refractivity contribution is 0.430. The van der Waals surface area contributed by atoms with Gasteiger partial charge in [-0.3, -0.25) is 0 Å². The molecule has 0 amide bonds. The molecule has 1 saturated heterocycles. The van der Waals surface area contributed by atoms with E-state index < -0.39 is 0 Å². The lowest BCUT2D eigenvalue weighted by Gasteiger charge is -2.27. The number of benzene rings is 1. The van der Waals surface area contributed by atoms with Crippen molar-refractivity contribution in [3.05, 3.63) is 48.3 Å². The van der Waals surface area contributed by atoms with Crippen LogP contribution in [0.15, 0.2) is 42.7 Å². The molecule has 0 aliphatic carbocycles. The first kappa shape index (κ1) is 13.7. The van der Waals surface area contributed by atoms with Crippen LogP contribution in [0.4, 0.5) is 0 Å². The third kappa shape index (κ3) is 3.07. The Labute approximate surface area is 124 Å². The molecule has 1 fully saturated rings. The minimum atomic E-state index is 0.350. The van der Waals surface area contributed by atoms with Crippen molar-refractivity contribution in [2.24, 2.45) is 0 Å². The van der Waals surface area contributed by atoms with Crippen LogP contribution in [0.5, 0.6) is 0 Å². The van der Waals surface area contributed by atoms with Gasteiger partial charge in [0.05, 0.1) is 5.69 Å². The second-order valence-electron chi connectivity index (χ2n) is 5.28. The van der Waals surface area contributed by atoms with Gasteiger partial charge in [0.25, 0.3) is 0 Å². The maximum absolute atomic E-state index is 4.36.